The van der Waals surface area contributed by atoms with Crippen molar-refractivity contribution in [2.75, 3.05) is 13.6 Å². The summed E-state index contributed by atoms with van der Waals surface area (Å²) in [7, 11) is 1.70. The molecule has 1 aromatic carbocycles. The first kappa shape index (κ1) is 17.6. The summed E-state index contributed by atoms with van der Waals surface area (Å²) in [4.78, 5) is 14.4. The zero-order chi connectivity index (χ0) is 18.1. The van der Waals surface area contributed by atoms with Gasteiger partial charge in [0.05, 0.1) is 29.2 Å². The molecule has 0 bridgehead atoms. The fourth-order valence-corrected chi connectivity index (χ4v) is 3.07. The SMILES string of the molecule is CC(C)c1c(C(=O)N(C)CC(O)C2CC2)cnn1-c1ccc(F)cc1. The van der Waals surface area contributed by atoms with Crippen molar-refractivity contribution in [2.45, 2.75) is 38.7 Å². The Bertz CT molecular complexity index is 751. The van der Waals surface area contributed by atoms with E-state index in [0.29, 0.717) is 23.7 Å². The van der Waals surface area contributed by atoms with E-state index in [-0.39, 0.29) is 17.6 Å². The second-order valence-electron chi connectivity index (χ2n) is 7.08. The first-order chi connectivity index (χ1) is 11.9. The van der Waals surface area contributed by atoms with Gasteiger partial charge in [0.2, 0.25) is 0 Å². The molecule has 25 heavy (non-hydrogen) atoms. The van der Waals surface area contributed by atoms with Crippen LogP contribution >= 0.6 is 0 Å². The molecule has 1 aliphatic rings. The van der Waals surface area contributed by atoms with Crippen LogP contribution in [0.1, 0.15) is 48.7 Å². The molecule has 0 radical (unpaired) electrons. The average molecular weight is 345 g/mol. The van der Waals surface area contributed by atoms with E-state index >= 15 is 0 Å². The number of carbonyl (C=O) groups is 1. The topological polar surface area (TPSA) is 58.4 Å². The van der Waals surface area contributed by atoms with Crippen molar-refractivity contribution in [3.63, 3.8) is 0 Å². The van der Waals surface area contributed by atoms with Gasteiger partial charge >= 0.3 is 0 Å². The maximum absolute atomic E-state index is 13.2. The molecule has 1 fully saturated rings. The van der Waals surface area contributed by atoms with E-state index < -0.39 is 6.10 Å². The lowest BCUT2D eigenvalue weighted by Gasteiger charge is -2.21. The van der Waals surface area contributed by atoms with Crippen molar-refractivity contribution in [1.82, 2.24) is 14.7 Å². The molecule has 1 N–H and O–H groups in total. The number of nitrogens with zero attached hydrogens (tertiary/aromatic N) is 3. The van der Waals surface area contributed by atoms with Gasteiger partial charge in [-0.1, -0.05) is 13.8 Å². The van der Waals surface area contributed by atoms with Crippen LogP contribution in [-0.2, 0) is 0 Å². The summed E-state index contributed by atoms with van der Waals surface area (Å²) in [6, 6.07) is 6.04. The molecule has 1 saturated carbocycles. The van der Waals surface area contributed by atoms with Crippen molar-refractivity contribution >= 4 is 5.91 Å². The Kier molecular flexibility index (Phi) is 4.90. The second-order valence-corrected chi connectivity index (χ2v) is 7.08. The van der Waals surface area contributed by atoms with Crippen LogP contribution in [0, 0.1) is 11.7 Å². The summed E-state index contributed by atoms with van der Waals surface area (Å²) in [5.74, 6) is -0.0844. The fourth-order valence-electron chi connectivity index (χ4n) is 3.07. The highest BCUT2D eigenvalue weighted by molar-refractivity contribution is 5.95. The molecule has 1 aliphatic carbocycles. The third kappa shape index (κ3) is 3.74. The maximum Gasteiger partial charge on any atom is 0.257 e. The van der Waals surface area contributed by atoms with Gasteiger partial charge in [-0.05, 0) is 48.9 Å². The molecule has 0 saturated heterocycles. The lowest BCUT2D eigenvalue weighted by Crippen LogP contribution is -2.35. The number of hydrogen-bond donors (Lipinski definition) is 1. The van der Waals surface area contributed by atoms with Crippen molar-refractivity contribution in [1.29, 1.82) is 0 Å². The molecule has 3 rings (SSSR count). The van der Waals surface area contributed by atoms with Gasteiger partial charge in [0.25, 0.3) is 5.91 Å². The van der Waals surface area contributed by atoms with Gasteiger partial charge in [-0.3, -0.25) is 4.79 Å². The molecule has 1 aromatic heterocycles. The average Bonchev–Trinajstić information content (AvgIpc) is 3.33. The minimum Gasteiger partial charge on any atom is -0.391 e. The van der Waals surface area contributed by atoms with Gasteiger partial charge in [0.15, 0.2) is 0 Å². The summed E-state index contributed by atoms with van der Waals surface area (Å²) in [6.07, 6.45) is 3.15. The Morgan fingerprint density at radius 1 is 1.36 bits per heavy atom. The Hall–Kier alpha value is -2.21. The highest BCUT2D eigenvalue weighted by Gasteiger charge is 2.32. The van der Waals surface area contributed by atoms with E-state index in [1.807, 2.05) is 13.8 Å². The van der Waals surface area contributed by atoms with E-state index in [4.69, 9.17) is 0 Å². The molecule has 1 amide bonds. The van der Waals surface area contributed by atoms with Crippen molar-refractivity contribution < 1.29 is 14.3 Å². The number of aliphatic hydroxyl groups excluding tert-OH is 1. The fraction of sp³-hybridized carbons (Fsp3) is 0.474. The highest BCUT2D eigenvalue weighted by Crippen LogP contribution is 2.33. The molecular formula is C19H24FN3O2. The van der Waals surface area contributed by atoms with E-state index in [9.17, 15) is 14.3 Å². The normalized spacial score (nSPS) is 15.4. The molecule has 6 heteroatoms. The van der Waals surface area contributed by atoms with Crippen LogP contribution in [0.5, 0.6) is 0 Å². The molecule has 0 spiro atoms. The van der Waals surface area contributed by atoms with Crippen molar-refractivity contribution in [2.24, 2.45) is 5.92 Å². The summed E-state index contributed by atoms with van der Waals surface area (Å²) >= 11 is 0. The second kappa shape index (κ2) is 6.96. The maximum atomic E-state index is 13.2. The number of halogens is 1. The van der Waals surface area contributed by atoms with Crippen LogP contribution in [-0.4, -0.2) is 45.4 Å². The van der Waals surface area contributed by atoms with Crippen molar-refractivity contribution in [3.05, 3.63) is 47.5 Å². The largest absolute Gasteiger partial charge is 0.391 e. The molecule has 0 aliphatic heterocycles. The number of carbonyl (C=O) groups excluding carboxylic acids is 1. The Labute approximate surface area is 147 Å². The van der Waals surface area contributed by atoms with E-state index in [1.54, 1.807) is 35.0 Å². The lowest BCUT2D eigenvalue weighted by molar-refractivity contribution is 0.0644. The number of aromatic nitrogens is 2. The Morgan fingerprint density at radius 2 is 2.00 bits per heavy atom. The first-order valence-corrected chi connectivity index (χ1v) is 8.66. The minimum atomic E-state index is -0.469. The monoisotopic (exact) mass is 345 g/mol. The number of amides is 1. The van der Waals surface area contributed by atoms with Gasteiger partial charge < -0.3 is 10.0 Å². The molecule has 134 valence electrons. The summed E-state index contributed by atoms with van der Waals surface area (Å²) < 4.78 is 14.9. The summed E-state index contributed by atoms with van der Waals surface area (Å²) in [6.45, 7) is 4.31. The summed E-state index contributed by atoms with van der Waals surface area (Å²) in [5, 5.41) is 14.4. The smallest absolute Gasteiger partial charge is 0.257 e. The van der Waals surface area contributed by atoms with E-state index in [1.165, 1.54) is 12.1 Å². The molecule has 1 unspecified atom stereocenters. The molecule has 1 atom stereocenters. The minimum absolute atomic E-state index is 0.0632. The summed E-state index contributed by atoms with van der Waals surface area (Å²) in [5.41, 5.74) is 2.01. The van der Waals surface area contributed by atoms with Crippen LogP contribution < -0.4 is 0 Å². The Morgan fingerprint density at radius 3 is 2.56 bits per heavy atom. The zero-order valence-corrected chi connectivity index (χ0v) is 14.8. The predicted molar refractivity (Wildman–Crippen MR) is 93.3 cm³/mol. The number of benzene rings is 1. The lowest BCUT2D eigenvalue weighted by atomic mass is 10.0. The van der Waals surface area contributed by atoms with E-state index in [0.717, 1.165) is 18.5 Å². The van der Waals surface area contributed by atoms with Crippen LogP contribution in [0.2, 0.25) is 0 Å². The third-order valence-corrected chi connectivity index (χ3v) is 4.63. The van der Waals surface area contributed by atoms with Crippen LogP contribution in [0.3, 0.4) is 0 Å². The molecular weight excluding hydrogens is 321 g/mol. The quantitative estimate of drug-likeness (QED) is 0.876. The standard InChI is InChI=1S/C19H24FN3O2/c1-12(2)18-16(19(25)22(3)11-17(24)13-4-5-13)10-21-23(18)15-8-6-14(20)7-9-15/h6-10,12-13,17,24H,4-5,11H2,1-3H3. The number of aliphatic hydroxyl groups is 1. The van der Waals surface area contributed by atoms with Crippen LogP contribution in [0.4, 0.5) is 4.39 Å². The first-order valence-electron chi connectivity index (χ1n) is 8.66. The van der Waals surface area contributed by atoms with Gasteiger partial charge in [-0.15, -0.1) is 0 Å². The highest BCUT2D eigenvalue weighted by atomic mass is 19.1. The van der Waals surface area contributed by atoms with Gasteiger partial charge in [-0.25, -0.2) is 9.07 Å². The number of rotatable bonds is 6. The molecule has 1 heterocycles. The Balaban J connectivity index is 1.88. The third-order valence-electron chi connectivity index (χ3n) is 4.63. The van der Waals surface area contributed by atoms with Gasteiger partial charge in [0.1, 0.15) is 5.82 Å². The van der Waals surface area contributed by atoms with Crippen LogP contribution in [0.15, 0.2) is 30.5 Å². The number of likely N-dealkylation sites (N-methyl/N-ethyl adjacent to an activating group) is 1. The van der Waals surface area contributed by atoms with Crippen LogP contribution in [0.25, 0.3) is 5.69 Å². The number of hydrogen-bond acceptors (Lipinski definition) is 3. The molecule has 5 nitrogen and oxygen atoms in total. The molecule has 2 aromatic rings. The van der Waals surface area contributed by atoms with Crippen molar-refractivity contribution in [3.8, 4) is 5.69 Å². The predicted octanol–water partition coefficient (Wildman–Crippen LogP) is 2.98. The van der Waals surface area contributed by atoms with Gasteiger partial charge in [-0.2, -0.15) is 5.10 Å². The zero-order valence-electron chi connectivity index (χ0n) is 14.8. The van der Waals surface area contributed by atoms with E-state index in [2.05, 4.69) is 5.10 Å². The van der Waals surface area contributed by atoms with Gasteiger partial charge in [0, 0.05) is 13.6 Å².